The summed E-state index contributed by atoms with van der Waals surface area (Å²) in [5.41, 5.74) is 1.83. The van der Waals surface area contributed by atoms with Crippen LogP contribution in [0.3, 0.4) is 0 Å². The largest absolute Gasteiger partial charge is 0.372 e. The van der Waals surface area contributed by atoms with Crippen LogP contribution in [0.5, 0.6) is 0 Å². The molecule has 124 valence electrons. The van der Waals surface area contributed by atoms with E-state index in [4.69, 9.17) is 4.74 Å². The molecule has 2 unspecified atom stereocenters. The number of ether oxygens (including phenoxy) is 1. The van der Waals surface area contributed by atoms with Gasteiger partial charge in [0.2, 0.25) is 0 Å². The number of halogens is 1. The van der Waals surface area contributed by atoms with Crippen molar-refractivity contribution in [3.8, 4) is 0 Å². The lowest BCUT2D eigenvalue weighted by Gasteiger charge is -2.37. The third kappa shape index (κ3) is 4.96. The maximum atomic E-state index is 14.2. The average Bonchev–Trinajstić information content (AvgIpc) is 2.44. The molecule has 1 aliphatic rings. The average molecular weight is 308 g/mol. The first-order chi connectivity index (χ1) is 10.5. The van der Waals surface area contributed by atoms with Gasteiger partial charge < -0.3 is 15.0 Å². The summed E-state index contributed by atoms with van der Waals surface area (Å²) < 4.78 is 19.9. The number of nitrogens with zero attached hydrogens (tertiary/aromatic N) is 1. The third-order valence-corrected chi connectivity index (χ3v) is 4.00. The highest BCUT2D eigenvalue weighted by atomic mass is 19.1. The Morgan fingerprint density at radius 2 is 1.95 bits per heavy atom. The van der Waals surface area contributed by atoms with Crippen LogP contribution >= 0.6 is 0 Å². The summed E-state index contributed by atoms with van der Waals surface area (Å²) in [5, 5.41) is 3.43. The molecule has 1 aliphatic heterocycles. The molecule has 0 radical (unpaired) electrons. The minimum atomic E-state index is -0.146. The zero-order valence-corrected chi connectivity index (χ0v) is 14.2. The molecule has 1 aromatic carbocycles. The molecular weight excluding hydrogens is 279 g/mol. The van der Waals surface area contributed by atoms with Crippen LogP contribution in [0.25, 0.3) is 0 Å². The van der Waals surface area contributed by atoms with Crippen LogP contribution in [0.15, 0.2) is 18.2 Å². The lowest BCUT2D eigenvalue weighted by Crippen LogP contribution is -2.45. The van der Waals surface area contributed by atoms with Gasteiger partial charge in [-0.25, -0.2) is 4.39 Å². The van der Waals surface area contributed by atoms with Crippen LogP contribution < -0.4 is 10.2 Å². The summed E-state index contributed by atoms with van der Waals surface area (Å²) in [6, 6.07) is 5.43. The van der Waals surface area contributed by atoms with E-state index < -0.39 is 0 Å². The molecule has 4 heteroatoms. The molecule has 1 saturated heterocycles. The predicted molar refractivity (Wildman–Crippen MR) is 89.8 cm³/mol. The molecule has 1 heterocycles. The van der Waals surface area contributed by atoms with Gasteiger partial charge in [-0.05, 0) is 50.4 Å². The zero-order chi connectivity index (χ0) is 16.1. The lowest BCUT2D eigenvalue weighted by molar-refractivity contribution is -0.00539. The number of hydrogen-bond acceptors (Lipinski definition) is 3. The van der Waals surface area contributed by atoms with Crippen LogP contribution in [0.1, 0.15) is 39.7 Å². The van der Waals surface area contributed by atoms with Crippen molar-refractivity contribution in [2.75, 3.05) is 24.5 Å². The van der Waals surface area contributed by atoms with Crippen LogP contribution in [0.4, 0.5) is 10.1 Å². The number of morpholine rings is 1. The molecule has 2 atom stereocenters. The Labute approximate surface area is 133 Å². The Balaban J connectivity index is 2.00. The first kappa shape index (κ1) is 17.2. The quantitative estimate of drug-likeness (QED) is 0.813. The summed E-state index contributed by atoms with van der Waals surface area (Å²) in [7, 11) is 0. The van der Waals surface area contributed by atoms with Gasteiger partial charge in [-0.2, -0.15) is 0 Å². The van der Waals surface area contributed by atoms with Crippen LogP contribution in [0, 0.1) is 11.7 Å². The first-order valence-electron chi connectivity index (χ1n) is 8.35. The third-order valence-electron chi connectivity index (χ3n) is 4.00. The summed E-state index contributed by atoms with van der Waals surface area (Å²) >= 11 is 0. The van der Waals surface area contributed by atoms with E-state index in [1.165, 1.54) is 0 Å². The smallest absolute Gasteiger partial charge is 0.146 e. The zero-order valence-electron chi connectivity index (χ0n) is 14.2. The fraction of sp³-hybridized carbons (Fsp3) is 0.667. The topological polar surface area (TPSA) is 24.5 Å². The Morgan fingerprint density at radius 1 is 1.27 bits per heavy atom. The van der Waals surface area contributed by atoms with Crippen molar-refractivity contribution in [2.24, 2.45) is 5.92 Å². The van der Waals surface area contributed by atoms with Crippen molar-refractivity contribution in [1.29, 1.82) is 0 Å². The van der Waals surface area contributed by atoms with Gasteiger partial charge in [0.15, 0.2) is 0 Å². The van der Waals surface area contributed by atoms with Gasteiger partial charge in [0.05, 0.1) is 17.9 Å². The highest BCUT2D eigenvalue weighted by Gasteiger charge is 2.24. The Bertz CT molecular complexity index is 468. The molecule has 0 amide bonds. The molecule has 0 saturated carbocycles. The molecule has 0 aromatic heterocycles. The fourth-order valence-electron chi connectivity index (χ4n) is 2.91. The summed E-state index contributed by atoms with van der Waals surface area (Å²) in [6.07, 6.45) is 1.43. The molecule has 0 spiro atoms. The van der Waals surface area contributed by atoms with E-state index in [1.807, 2.05) is 26.0 Å². The summed E-state index contributed by atoms with van der Waals surface area (Å²) in [5.74, 6) is 0.555. The first-order valence-corrected chi connectivity index (χ1v) is 8.35. The van der Waals surface area contributed by atoms with Crippen molar-refractivity contribution < 1.29 is 9.13 Å². The fourth-order valence-corrected chi connectivity index (χ4v) is 2.91. The van der Waals surface area contributed by atoms with Crippen molar-refractivity contribution in [1.82, 2.24) is 5.32 Å². The lowest BCUT2D eigenvalue weighted by atomic mass is 10.1. The second kappa shape index (κ2) is 7.93. The van der Waals surface area contributed by atoms with Gasteiger partial charge in [-0.3, -0.25) is 0 Å². The maximum absolute atomic E-state index is 14.2. The van der Waals surface area contributed by atoms with Gasteiger partial charge >= 0.3 is 0 Å². The minimum Gasteiger partial charge on any atom is -0.372 e. The molecule has 3 nitrogen and oxygen atoms in total. The number of hydrogen-bond donors (Lipinski definition) is 1. The van der Waals surface area contributed by atoms with Crippen molar-refractivity contribution in [3.05, 3.63) is 29.6 Å². The van der Waals surface area contributed by atoms with Crippen molar-refractivity contribution >= 4 is 5.69 Å². The highest BCUT2D eigenvalue weighted by molar-refractivity contribution is 5.50. The van der Waals surface area contributed by atoms with Gasteiger partial charge in [0, 0.05) is 19.6 Å². The van der Waals surface area contributed by atoms with Gasteiger partial charge in [-0.15, -0.1) is 0 Å². The van der Waals surface area contributed by atoms with Crippen molar-refractivity contribution in [2.45, 2.75) is 52.9 Å². The summed E-state index contributed by atoms with van der Waals surface area (Å²) in [6.45, 7) is 11.8. The molecular formula is C18H29FN2O. The molecule has 22 heavy (non-hydrogen) atoms. The van der Waals surface area contributed by atoms with Gasteiger partial charge in [0.25, 0.3) is 0 Å². The van der Waals surface area contributed by atoms with Crippen LogP contribution in [0.2, 0.25) is 0 Å². The number of rotatable bonds is 6. The predicted octanol–water partition coefficient (Wildman–Crippen LogP) is 3.58. The highest BCUT2D eigenvalue weighted by Crippen LogP contribution is 2.25. The molecule has 1 aromatic rings. The summed E-state index contributed by atoms with van der Waals surface area (Å²) in [4.78, 5) is 2.10. The molecule has 0 bridgehead atoms. The Morgan fingerprint density at radius 3 is 2.59 bits per heavy atom. The van der Waals surface area contributed by atoms with E-state index in [0.717, 1.165) is 38.2 Å². The Hall–Kier alpha value is -1.13. The molecule has 0 aliphatic carbocycles. The minimum absolute atomic E-state index is 0.135. The van der Waals surface area contributed by atoms with Crippen LogP contribution in [-0.2, 0) is 11.3 Å². The van der Waals surface area contributed by atoms with Crippen molar-refractivity contribution in [3.63, 3.8) is 0 Å². The van der Waals surface area contributed by atoms with Gasteiger partial charge in [-0.1, -0.05) is 19.9 Å². The number of anilines is 1. The monoisotopic (exact) mass is 308 g/mol. The van der Waals surface area contributed by atoms with E-state index in [2.05, 4.69) is 24.1 Å². The van der Waals surface area contributed by atoms with Gasteiger partial charge in [0.1, 0.15) is 5.82 Å². The second-order valence-electron chi connectivity index (χ2n) is 6.81. The molecule has 1 fully saturated rings. The standard InChI is InChI=1S/C18H29FN2O/c1-13(2)7-8-20-10-16-5-6-17(19)18(9-16)21-11-14(3)22-15(4)12-21/h5-6,9,13-15,20H,7-8,10-12H2,1-4H3. The second-order valence-corrected chi connectivity index (χ2v) is 6.81. The molecule has 1 N–H and O–H groups in total. The maximum Gasteiger partial charge on any atom is 0.146 e. The van der Waals surface area contributed by atoms with E-state index in [-0.39, 0.29) is 18.0 Å². The van der Waals surface area contributed by atoms with Crippen LogP contribution in [-0.4, -0.2) is 31.8 Å². The van der Waals surface area contributed by atoms with E-state index in [0.29, 0.717) is 11.6 Å². The molecule has 2 rings (SSSR count). The SMILES string of the molecule is CC(C)CCNCc1ccc(F)c(N2CC(C)OC(C)C2)c1. The normalized spacial score (nSPS) is 22.4. The van der Waals surface area contributed by atoms with E-state index in [9.17, 15) is 4.39 Å². The number of nitrogens with one attached hydrogen (secondary N) is 1. The Kier molecular flexibility index (Phi) is 6.21. The number of benzene rings is 1. The van der Waals surface area contributed by atoms with E-state index >= 15 is 0 Å². The van der Waals surface area contributed by atoms with E-state index in [1.54, 1.807) is 6.07 Å².